The van der Waals surface area contributed by atoms with E-state index in [4.69, 9.17) is 4.52 Å². The Kier molecular flexibility index (Phi) is 6.38. The highest BCUT2D eigenvalue weighted by Gasteiger charge is 2.27. The molecule has 35 heavy (non-hydrogen) atoms. The molecular weight excluding hydrogens is 473 g/mol. The maximum atomic E-state index is 13.9. The predicted octanol–water partition coefficient (Wildman–Crippen LogP) is 2.83. The zero-order chi connectivity index (χ0) is 24.4. The van der Waals surface area contributed by atoms with Gasteiger partial charge in [0.15, 0.2) is 11.6 Å². The van der Waals surface area contributed by atoms with Crippen molar-refractivity contribution in [1.29, 1.82) is 0 Å². The summed E-state index contributed by atoms with van der Waals surface area (Å²) in [6.07, 6.45) is 0. The van der Waals surface area contributed by atoms with Crippen LogP contribution in [-0.2, 0) is 4.79 Å². The average molecular weight is 496 g/mol. The molecule has 0 atom stereocenters. The first-order valence-corrected chi connectivity index (χ1v) is 11.9. The third kappa shape index (κ3) is 5.12. The number of thiophene rings is 1. The second-order valence-corrected chi connectivity index (χ2v) is 9.02. The molecule has 1 N–H and O–H groups in total. The number of halogens is 1. The van der Waals surface area contributed by atoms with Crippen molar-refractivity contribution in [3.63, 3.8) is 0 Å². The molecule has 3 aromatic heterocycles. The van der Waals surface area contributed by atoms with E-state index in [1.54, 1.807) is 30.0 Å². The maximum absolute atomic E-state index is 13.9. The number of piperazine rings is 1. The molecular formula is C23H22FN7O3S. The van der Waals surface area contributed by atoms with Crippen molar-refractivity contribution in [3.05, 3.63) is 65.2 Å². The molecule has 1 aliphatic rings. The summed E-state index contributed by atoms with van der Waals surface area (Å²) < 4.78 is 20.3. The van der Waals surface area contributed by atoms with Gasteiger partial charge < -0.3 is 14.7 Å². The number of nitrogens with zero attached hydrogens (tertiary/aromatic N) is 6. The van der Waals surface area contributed by atoms with Gasteiger partial charge >= 0.3 is 0 Å². The second kappa shape index (κ2) is 9.76. The van der Waals surface area contributed by atoms with Crippen LogP contribution in [0.15, 0.2) is 52.4 Å². The van der Waals surface area contributed by atoms with Crippen LogP contribution in [0.4, 0.5) is 10.2 Å². The highest BCUT2D eigenvalue weighted by molar-refractivity contribution is 7.13. The summed E-state index contributed by atoms with van der Waals surface area (Å²) in [5.41, 5.74) is 0.484. The minimum atomic E-state index is -0.401. The van der Waals surface area contributed by atoms with Crippen LogP contribution in [0.1, 0.15) is 16.4 Å². The lowest BCUT2D eigenvalue weighted by molar-refractivity contribution is -0.117. The normalized spacial score (nSPS) is 14.3. The lowest BCUT2D eigenvalue weighted by atomic mass is 10.3. The van der Waals surface area contributed by atoms with E-state index in [0.717, 1.165) is 4.88 Å². The summed E-state index contributed by atoms with van der Waals surface area (Å²) in [7, 11) is 0. The zero-order valence-electron chi connectivity index (χ0n) is 18.8. The van der Waals surface area contributed by atoms with Gasteiger partial charge in [-0.05, 0) is 36.6 Å². The monoisotopic (exact) mass is 495 g/mol. The third-order valence-corrected chi connectivity index (χ3v) is 6.38. The molecule has 0 aliphatic carbocycles. The van der Waals surface area contributed by atoms with E-state index in [1.165, 1.54) is 28.2 Å². The number of aromatic nitrogens is 4. The van der Waals surface area contributed by atoms with Crippen LogP contribution in [0.2, 0.25) is 0 Å². The Morgan fingerprint density at radius 1 is 1.14 bits per heavy atom. The maximum Gasteiger partial charge on any atom is 0.293 e. The van der Waals surface area contributed by atoms with Gasteiger partial charge in [-0.25, -0.2) is 14.1 Å². The van der Waals surface area contributed by atoms with Crippen molar-refractivity contribution in [2.24, 2.45) is 0 Å². The van der Waals surface area contributed by atoms with E-state index in [1.807, 2.05) is 22.4 Å². The molecule has 4 heterocycles. The molecule has 4 aromatic rings. The predicted molar refractivity (Wildman–Crippen MR) is 127 cm³/mol. The van der Waals surface area contributed by atoms with Gasteiger partial charge in [-0.1, -0.05) is 17.3 Å². The largest absolute Gasteiger partial charge is 0.360 e. The van der Waals surface area contributed by atoms with Gasteiger partial charge in [-0.15, -0.1) is 16.4 Å². The molecule has 10 nitrogen and oxygen atoms in total. The first-order valence-electron chi connectivity index (χ1n) is 11.0. The van der Waals surface area contributed by atoms with Crippen LogP contribution >= 0.6 is 11.3 Å². The molecule has 1 fully saturated rings. The van der Waals surface area contributed by atoms with Crippen LogP contribution in [0.3, 0.4) is 0 Å². The molecule has 2 amide bonds. The Labute approximate surface area is 204 Å². The molecule has 5 rings (SSSR count). The Balaban J connectivity index is 1.26. The van der Waals surface area contributed by atoms with E-state index in [-0.39, 0.29) is 24.2 Å². The first-order chi connectivity index (χ1) is 17.0. The number of hydrogen-bond donors (Lipinski definition) is 1. The smallest absolute Gasteiger partial charge is 0.293 e. The summed E-state index contributed by atoms with van der Waals surface area (Å²) in [6.45, 7) is 3.84. The number of aryl methyl sites for hydroxylation is 1. The fourth-order valence-electron chi connectivity index (χ4n) is 3.82. The number of rotatable bonds is 6. The van der Waals surface area contributed by atoms with Crippen LogP contribution in [0.25, 0.3) is 16.4 Å². The molecule has 1 aliphatic heterocycles. The lowest BCUT2D eigenvalue weighted by Gasteiger charge is -2.33. The van der Waals surface area contributed by atoms with Crippen LogP contribution in [0, 0.1) is 12.7 Å². The van der Waals surface area contributed by atoms with Crippen LogP contribution in [-0.4, -0.2) is 74.3 Å². The van der Waals surface area contributed by atoms with Crippen molar-refractivity contribution in [1.82, 2.24) is 29.7 Å². The molecule has 1 aromatic carbocycles. The first kappa shape index (κ1) is 22.9. The molecule has 0 bridgehead atoms. The summed E-state index contributed by atoms with van der Waals surface area (Å²) in [5, 5.41) is 12.8. The Morgan fingerprint density at radius 3 is 2.66 bits per heavy atom. The van der Waals surface area contributed by atoms with Gasteiger partial charge in [-0.2, -0.15) is 0 Å². The summed E-state index contributed by atoms with van der Waals surface area (Å²) in [4.78, 5) is 34.4. The number of anilines is 1. The Morgan fingerprint density at radius 2 is 1.97 bits per heavy atom. The van der Waals surface area contributed by atoms with Crippen LogP contribution in [0.5, 0.6) is 0 Å². The van der Waals surface area contributed by atoms with Gasteiger partial charge in [0.2, 0.25) is 11.7 Å². The minimum Gasteiger partial charge on any atom is -0.360 e. The zero-order valence-corrected chi connectivity index (χ0v) is 19.7. The van der Waals surface area contributed by atoms with Gasteiger partial charge in [0.25, 0.3) is 5.91 Å². The van der Waals surface area contributed by atoms with E-state index in [0.29, 0.717) is 49.3 Å². The summed E-state index contributed by atoms with van der Waals surface area (Å²) in [6, 6.07) is 11.4. The molecule has 12 heteroatoms. The van der Waals surface area contributed by atoms with Gasteiger partial charge in [0, 0.05) is 32.2 Å². The average Bonchev–Trinajstić information content (AvgIpc) is 3.60. The van der Waals surface area contributed by atoms with Crippen molar-refractivity contribution in [3.8, 4) is 16.4 Å². The lowest BCUT2D eigenvalue weighted by Crippen LogP contribution is -2.50. The Hall–Kier alpha value is -3.90. The molecule has 180 valence electrons. The number of hydrogen-bond acceptors (Lipinski definition) is 8. The fourth-order valence-corrected chi connectivity index (χ4v) is 4.52. The highest BCUT2D eigenvalue weighted by Crippen LogP contribution is 2.26. The van der Waals surface area contributed by atoms with Gasteiger partial charge in [0.05, 0.1) is 17.1 Å². The minimum absolute atomic E-state index is 0.0465. The van der Waals surface area contributed by atoms with E-state index >= 15 is 0 Å². The Bertz CT molecular complexity index is 1340. The van der Waals surface area contributed by atoms with Crippen molar-refractivity contribution >= 4 is 29.0 Å². The summed E-state index contributed by atoms with van der Waals surface area (Å²) in [5.74, 6) is 0.611. The number of carbonyl (C=O) groups excluding carboxylic acids is 2. The SMILES string of the molecule is Cc1cc(NC(=O)CN2CCN(C(=O)c3nc(-c4cccs4)n(-c4cccc(F)c4)n3)CC2)no1. The van der Waals surface area contributed by atoms with E-state index in [9.17, 15) is 14.0 Å². The van der Waals surface area contributed by atoms with E-state index in [2.05, 4.69) is 20.6 Å². The standard InChI is InChI=1S/C23H22FN7O3S/c1-15-12-19(28-34-15)25-20(32)14-29-7-9-30(10-8-29)23(33)21-26-22(18-6-3-11-35-18)31(27-21)17-5-2-4-16(24)13-17/h2-6,11-13H,7-10,14H2,1H3,(H,25,28,32). The number of carbonyl (C=O) groups is 2. The topological polar surface area (TPSA) is 109 Å². The van der Waals surface area contributed by atoms with E-state index < -0.39 is 5.82 Å². The van der Waals surface area contributed by atoms with Gasteiger partial charge in [-0.3, -0.25) is 14.5 Å². The fraction of sp³-hybridized carbons (Fsp3) is 0.261. The molecule has 1 saturated heterocycles. The van der Waals surface area contributed by atoms with Crippen molar-refractivity contribution < 1.29 is 18.5 Å². The van der Waals surface area contributed by atoms with Crippen LogP contribution < -0.4 is 5.32 Å². The molecule has 0 radical (unpaired) electrons. The second-order valence-electron chi connectivity index (χ2n) is 8.07. The highest BCUT2D eigenvalue weighted by atomic mass is 32.1. The molecule has 0 unspecified atom stereocenters. The molecule has 0 saturated carbocycles. The number of benzene rings is 1. The summed E-state index contributed by atoms with van der Waals surface area (Å²) >= 11 is 1.46. The van der Waals surface area contributed by atoms with Crippen molar-refractivity contribution in [2.75, 3.05) is 38.0 Å². The number of amides is 2. The third-order valence-electron chi connectivity index (χ3n) is 5.51. The molecule has 0 spiro atoms. The quantitative estimate of drug-likeness (QED) is 0.438. The van der Waals surface area contributed by atoms with Gasteiger partial charge in [0.1, 0.15) is 11.6 Å². The van der Waals surface area contributed by atoms with Crippen molar-refractivity contribution in [2.45, 2.75) is 6.92 Å². The number of nitrogens with one attached hydrogen (secondary N) is 1.